The standard InChI is InChI=1S/C23H28N2O4S/c1-29-22-11-7-6-10-21(22)25(30(2,27)28)17-19-12-14-20(15-13-19)23(26)24-16-18-8-4-3-5-9-18/h6-8,10-15H,3-5,9,16-17H2,1-2H3,(H,24,26). The summed E-state index contributed by atoms with van der Waals surface area (Å²) < 4.78 is 31.5. The number of allylic oxidation sites excluding steroid dienone is 1. The van der Waals surface area contributed by atoms with Crippen LogP contribution in [0.15, 0.2) is 60.2 Å². The van der Waals surface area contributed by atoms with E-state index in [1.807, 2.05) is 0 Å². The number of hydrogen-bond donors (Lipinski definition) is 1. The Morgan fingerprint density at radius 2 is 1.83 bits per heavy atom. The lowest BCUT2D eigenvalue weighted by molar-refractivity contribution is 0.0956. The van der Waals surface area contributed by atoms with E-state index >= 15 is 0 Å². The lowest BCUT2D eigenvalue weighted by atomic mass is 9.99. The monoisotopic (exact) mass is 428 g/mol. The third-order valence-electron chi connectivity index (χ3n) is 5.16. The van der Waals surface area contributed by atoms with Crippen molar-refractivity contribution in [3.63, 3.8) is 0 Å². The van der Waals surface area contributed by atoms with Gasteiger partial charge in [-0.25, -0.2) is 8.42 Å². The van der Waals surface area contributed by atoms with Gasteiger partial charge in [-0.05, 0) is 55.5 Å². The molecule has 0 bridgehead atoms. The summed E-state index contributed by atoms with van der Waals surface area (Å²) in [5.41, 5.74) is 3.09. The number of nitrogens with one attached hydrogen (secondary N) is 1. The molecular formula is C23H28N2O4S. The number of carbonyl (C=O) groups excluding carboxylic acids is 1. The maximum absolute atomic E-state index is 12.4. The van der Waals surface area contributed by atoms with E-state index in [0.29, 0.717) is 23.5 Å². The number of benzene rings is 2. The van der Waals surface area contributed by atoms with E-state index in [-0.39, 0.29) is 12.5 Å². The van der Waals surface area contributed by atoms with Crippen LogP contribution in [0.4, 0.5) is 5.69 Å². The van der Waals surface area contributed by atoms with Crippen LogP contribution in [-0.4, -0.2) is 34.2 Å². The minimum Gasteiger partial charge on any atom is -0.495 e. The Labute approximate surface area is 178 Å². The summed E-state index contributed by atoms with van der Waals surface area (Å²) in [6.07, 6.45) is 7.91. The number of ether oxygens (including phenoxy) is 1. The van der Waals surface area contributed by atoms with Gasteiger partial charge in [0.05, 0.1) is 25.6 Å². The minimum atomic E-state index is -3.53. The van der Waals surface area contributed by atoms with Crippen LogP contribution in [0.1, 0.15) is 41.6 Å². The van der Waals surface area contributed by atoms with E-state index < -0.39 is 10.0 Å². The molecule has 1 aliphatic carbocycles. The second-order valence-electron chi connectivity index (χ2n) is 7.43. The molecular weight excluding hydrogens is 400 g/mol. The molecule has 0 aromatic heterocycles. The van der Waals surface area contributed by atoms with E-state index in [4.69, 9.17) is 4.74 Å². The number of sulfonamides is 1. The molecule has 0 saturated heterocycles. The van der Waals surface area contributed by atoms with Gasteiger partial charge in [0.15, 0.2) is 0 Å². The number of methoxy groups -OCH3 is 1. The Hall–Kier alpha value is -2.80. The largest absolute Gasteiger partial charge is 0.495 e. The maximum atomic E-state index is 12.4. The molecule has 0 aliphatic heterocycles. The van der Waals surface area contributed by atoms with Crippen molar-refractivity contribution >= 4 is 21.6 Å². The highest BCUT2D eigenvalue weighted by atomic mass is 32.2. The van der Waals surface area contributed by atoms with Crippen molar-refractivity contribution in [2.24, 2.45) is 0 Å². The number of hydrogen-bond acceptors (Lipinski definition) is 4. The predicted octanol–water partition coefficient (Wildman–Crippen LogP) is 3.89. The summed E-state index contributed by atoms with van der Waals surface area (Å²) in [4.78, 5) is 12.4. The molecule has 2 aromatic rings. The molecule has 160 valence electrons. The predicted molar refractivity (Wildman–Crippen MR) is 119 cm³/mol. The Kier molecular flexibility index (Phi) is 7.15. The summed E-state index contributed by atoms with van der Waals surface area (Å²) in [5, 5.41) is 2.96. The van der Waals surface area contributed by atoms with Gasteiger partial charge in [0.1, 0.15) is 5.75 Å². The normalized spacial score (nSPS) is 14.0. The SMILES string of the molecule is COc1ccccc1N(Cc1ccc(C(=O)NCC2=CCCCC2)cc1)S(C)(=O)=O. The summed E-state index contributed by atoms with van der Waals surface area (Å²) in [6.45, 7) is 0.726. The fourth-order valence-corrected chi connectivity index (χ4v) is 4.40. The van der Waals surface area contributed by atoms with E-state index in [1.54, 1.807) is 48.5 Å². The van der Waals surface area contributed by atoms with Gasteiger partial charge in [-0.1, -0.05) is 35.9 Å². The van der Waals surface area contributed by atoms with Crippen molar-refractivity contribution in [2.45, 2.75) is 32.2 Å². The van der Waals surface area contributed by atoms with Crippen molar-refractivity contribution < 1.29 is 17.9 Å². The Morgan fingerprint density at radius 1 is 1.10 bits per heavy atom. The summed E-state index contributed by atoms with van der Waals surface area (Å²) in [7, 11) is -2.02. The van der Waals surface area contributed by atoms with Crippen LogP contribution in [0.5, 0.6) is 5.75 Å². The first-order valence-electron chi connectivity index (χ1n) is 10.0. The van der Waals surface area contributed by atoms with Crippen LogP contribution in [0.2, 0.25) is 0 Å². The topological polar surface area (TPSA) is 75.7 Å². The third kappa shape index (κ3) is 5.63. The summed E-state index contributed by atoms with van der Waals surface area (Å²) in [5.74, 6) is 0.355. The summed E-state index contributed by atoms with van der Waals surface area (Å²) >= 11 is 0. The molecule has 1 amide bonds. The molecule has 0 heterocycles. The van der Waals surface area contributed by atoms with Crippen molar-refractivity contribution in [1.29, 1.82) is 0 Å². The Morgan fingerprint density at radius 3 is 2.47 bits per heavy atom. The molecule has 0 fully saturated rings. The van der Waals surface area contributed by atoms with Gasteiger partial charge >= 0.3 is 0 Å². The zero-order valence-corrected chi connectivity index (χ0v) is 18.2. The van der Waals surface area contributed by atoms with E-state index in [9.17, 15) is 13.2 Å². The highest BCUT2D eigenvalue weighted by Crippen LogP contribution is 2.30. The molecule has 2 aromatic carbocycles. The number of para-hydroxylation sites is 2. The van der Waals surface area contributed by atoms with Gasteiger partial charge < -0.3 is 10.1 Å². The zero-order valence-electron chi connectivity index (χ0n) is 17.4. The number of rotatable bonds is 8. The fourth-order valence-electron chi connectivity index (χ4n) is 3.51. The Bertz CT molecular complexity index is 1010. The highest BCUT2D eigenvalue weighted by Gasteiger charge is 2.21. The molecule has 0 spiro atoms. The highest BCUT2D eigenvalue weighted by molar-refractivity contribution is 7.92. The van der Waals surface area contributed by atoms with Crippen LogP contribution in [0.3, 0.4) is 0 Å². The van der Waals surface area contributed by atoms with Crippen molar-refractivity contribution in [1.82, 2.24) is 5.32 Å². The molecule has 7 heteroatoms. The molecule has 0 radical (unpaired) electrons. The van der Waals surface area contributed by atoms with Gasteiger partial charge in [0, 0.05) is 12.1 Å². The minimum absolute atomic E-state index is 0.127. The van der Waals surface area contributed by atoms with Crippen LogP contribution >= 0.6 is 0 Å². The number of carbonyl (C=O) groups is 1. The maximum Gasteiger partial charge on any atom is 0.251 e. The first kappa shape index (κ1) is 21.9. The Balaban J connectivity index is 1.71. The van der Waals surface area contributed by atoms with Crippen LogP contribution in [0, 0.1) is 0 Å². The summed E-state index contributed by atoms with van der Waals surface area (Å²) in [6, 6.07) is 14.0. The number of anilines is 1. The molecule has 3 rings (SSSR count). The second kappa shape index (κ2) is 9.80. The van der Waals surface area contributed by atoms with Gasteiger partial charge in [-0.15, -0.1) is 0 Å². The van der Waals surface area contributed by atoms with E-state index in [0.717, 1.165) is 18.4 Å². The molecule has 0 unspecified atom stereocenters. The van der Waals surface area contributed by atoms with Crippen molar-refractivity contribution in [2.75, 3.05) is 24.2 Å². The molecule has 1 aliphatic rings. The molecule has 0 atom stereocenters. The van der Waals surface area contributed by atoms with E-state index in [1.165, 1.54) is 36.1 Å². The first-order chi connectivity index (χ1) is 14.4. The first-order valence-corrected chi connectivity index (χ1v) is 11.9. The van der Waals surface area contributed by atoms with Crippen molar-refractivity contribution in [3.8, 4) is 5.75 Å². The van der Waals surface area contributed by atoms with Gasteiger partial charge in [0.2, 0.25) is 10.0 Å². The van der Waals surface area contributed by atoms with Gasteiger partial charge in [-0.3, -0.25) is 9.10 Å². The van der Waals surface area contributed by atoms with Crippen molar-refractivity contribution in [3.05, 3.63) is 71.3 Å². The number of nitrogens with zero attached hydrogens (tertiary/aromatic N) is 1. The molecule has 30 heavy (non-hydrogen) atoms. The average molecular weight is 429 g/mol. The van der Waals surface area contributed by atoms with Crippen LogP contribution in [-0.2, 0) is 16.6 Å². The quantitative estimate of drug-likeness (QED) is 0.647. The zero-order chi connectivity index (χ0) is 21.6. The van der Waals surface area contributed by atoms with Gasteiger partial charge in [-0.2, -0.15) is 0 Å². The lowest BCUT2D eigenvalue weighted by Gasteiger charge is -2.24. The van der Waals surface area contributed by atoms with Crippen LogP contribution < -0.4 is 14.4 Å². The molecule has 6 nitrogen and oxygen atoms in total. The van der Waals surface area contributed by atoms with Crippen LogP contribution in [0.25, 0.3) is 0 Å². The smallest absolute Gasteiger partial charge is 0.251 e. The lowest BCUT2D eigenvalue weighted by Crippen LogP contribution is -2.29. The van der Waals surface area contributed by atoms with Gasteiger partial charge in [0.25, 0.3) is 5.91 Å². The molecule has 0 saturated carbocycles. The fraction of sp³-hybridized carbons (Fsp3) is 0.348. The average Bonchev–Trinajstić information content (AvgIpc) is 2.76. The second-order valence-corrected chi connectivity index (χ2v) is 9.34. The molecule has 1 N–H and O–H groups in total. The number of amides is 1. The van der Waals surface area contributed by atoms with E-state index in [2.05, 4.69) is 11.4 Å². The third-order valence-corrected chi connectivity index (χ3v) is 6.28.